The second kappa shape index (κ2) is 7.82. The van der Waals surface area contributed by atoms with Gasteiger partial charge in [-0.2, -0.15) is 0 Å². The average Bonchev–Trinajstić information content (AvgIpc) is 2.56. The minimum absolute atomic E-state index is 0.0722. The van der Waals surface area contributed by atoms with Crippen LogP contribution in [0.5, 0.6) is 0 Å². The third kappa shape index (κ3) is 4.35. The van der Waals surface area contributed by atoms with Crippen LogP contribution in [-0.2, 0) is 0 Å². The molecule has 0 atom stereocenters. The molecule has 0 heterocycles. The molecular formula is C20H26N2O. The Morgan fingerprint density at radius 2 is 1.70 bits per heavy atom. The molecule has 2 aromatic carbocycles. The number of rotatable bonds is 6. The summed E-state index contributed by atoms with van der Waals surface area (Å²) in [6.45, 7) is 10.5. The molecule has 0 unspecified atom stereocenters. The summed E-state index contributed by atoms with van der Waals surface area (Å²) in [5.74, 6) is 0.372. The Labute approximate surface area is 139 Å². The van der Waals surface area contributed by atoms with Gasteiger partial charge >= 0.3 is 0 Å². The number of nitrogens with zero attached hydrogens (tertiary/aromatic N) is 1. The highest BCUT2D eigenvalue weighted by atomic mass is 16.1. The van der Waals surface area contributed by atoms with E-state index in [4.69, 9.17) is 0 Å². The summed E-state index contributed by atoms with van der Waals surface area (Å²) >= 11 is 0. The Morgan fingerprint density at radius 1 is 1.04 bits per heavy atom. The maximum Gasteiger partial charge on any atom is 0.255 e. The van der Waals surface area contributed by atoms with Crippen LogP contribution in [0, 0.1) is 0 Å². The van der Waals surface area contributed by atoms with Crippen molar-refractivity contribution in [1.82, 2.24) is 0 Å². The predicted molar refractivity (Wildman–Crippen MR) is 98.5 cm³/mol. The van der Waals surface area contributed by atoms with E-state index in [9.17, 15) is 4.79 Å². The fourth-order valence-corrected chi connectivity index (χ4v) is 2.59. The van der Waals surface area contributed by atoms with E-state index < -0.39 is 0 Å². The summed E-state index contributed by atoms with van der Waals surface area (Å²) in [4.78, 5) is 14.6. The maximum absolute atomic E-state index is 12.4. The third-order valence-corrected chi connectivity index (χ3v) is 4.07. The van der Waals surface area contributed by atoms with Gasteiger partial charge in [0.25, 0.3) is 5.91 Å². The van der Waals surface area contributed by atoms with Gasteiger partial charge in [0.1, 0.15) is 0 Å². The highest BCUT2D eigenvalue weighted by Gasteiger charge is 2.08. The molecule has 0 saturated carbocycles. The zero-order chi connectivity index (χ0) is 16.8. The SMILES string of the molecule is CCN(CC)c1ccc(C(=O)Nc2cccc(C(C)C)c2)cc1. The summed E-state index contributed by atoms with van der Waals surface area (Å²) in [6, 6.07) is 15.8. The van der Waals surface area contributed by atoms with Gasteiger partial charge in [-0.15, -0.1) is 0 Å². The summed E-state index contributed by atoms with van der Waals surface area (Å²) in [6.07, 6.45) is 0. The highest BCUT2D eigenvalue weighted by Crippen LogP contribution is 2.20. The van der Waals surface area contributed by atoms with Gasteiger partial charge in [0.15, 0.2) is 0 Å². The maximum atomic E-state index is 12.4. The van der Waals surface area contributed by atoms with Crippen molar-refractivity contribution in [2.45, 2.75) is 33.6 Å². The Hall–Kier alpha value is -2.29. The lowest BCUT2D eigenvalue weighted by molar-refractivity contribution is 0.102. The molecule has 0 saturated heterocycles. The van der Waals surface area contributed by atoms with Gasteiger partial charge in [-0.1, -0.05) is 26.0 Å². The Bertz CT molecular complexity index is 643. The number of hydrogen-bond donors (Lipinski definition) is 1. The number of hydrogen-bond acceptors (Lipinski definition) is 2. The first-order valence-corrected chi connectivity index (χ1v) is 8.31. The van der Waals surface area contributed by atoms with E-state index in [1.807, 2.05) is 42.5 Å². The standard InChI is InChI=1S/C20H26N2O/c1-5-22(6-2)19-12-10-16(11-13-19)20(23)21-18-9-7-8-17(14-18)15(3)4/h7-15H,5-6H2,1-4H3,(H,21,23). The molecule has 3 heteroatoms. The van der Waals surface area contributed by atoms with Crippen LogP contribution in [-0.4, -0.2) is 19.0 Å². The van der Waals surface area contributed by atoms with Crippen molar-refractivity contribution in [3.05, 3.63) is 59.7 Å². The number of amides is 1. The summed E-state index contributed by atoms with van der Waals surface area (Å²) in [5.41, 5.74) is 3.89. The molecule has 0 spiro atoms. The number of carbonyl (C=O) groups excluding carboxylic acids is 1. The van der Waals surface area contributed by atoms with Crippen LogP contribution >= 0.6 is 0 Å². The number of carbonyl (C=O) groups is 1. The van der Waals surface area contributed by atoms with Gasteiger partial charge in [-0.05, 0) is 61.7 Å². The van der Waals surface area contributed by atoms with Crippen LogP contribution in [0.4, 0.5) is 11.4 Å². The van der Waals surface area contributed by atoms with Gasteiger partial charge in [-0.25, -0.2) is 0 Å². The van der Waals surface area contributed by atoms with Crippen LogP contribution in [0.25, 0.3) is 0 Å². The summed E-state index contributed by atoms with van der Waals surface area (Å²) in [5, 5.41) is 2.98. The molecule has 0 bridgehead atoms. The molecule has 2 rings (SSSR count). The Morgan fingerprint density at radius 3 is 2.26 bits per heavy atom. The van der Waals surface area contributed by atoms with E-state index in [1.165, 1.54) is 5.56 Å². The first-order valence-electron chi connectivity index (χ1n) is 8.31. The number of benzene rings is 2. The van der Waals surface area contributed by atoms with Crippen molar-refractivity contribution < 1.29 is 4.79 Å². The predicted octanol–water partition coefficient (Wildman–Crippen LogP) is 4.91. The van der Waals surface area contributed by atoms with Crippen LogP contribution in [0.2, 0.25) is 0 Å². The molecule has 0 aliphatic heterocycles. The van der Waals surface area contributed by atoms with Crippen molar-refractivity contribution in [3.63, 3.8) is 0 Å². The van der Waals surface area contributed by atoms with Crippen LogP contribution in [0.1, 0.15) is 49.5 Å². The van der Waals surface area contributed by atoms with Crippen LogP contribution in [0.15, 0.2) is 48.5 Å². The topological polar surface area (TPSA) is 32.3 Å². The fraction of sp³-hybridized carbons (Fsp3) is 0.350. The average molecular weight is 310 g/mol. The lowest BCUT2D eigenvalue weighted by Gasteiger charge is -2.21. The van der Waals surface area contributed by atoms with Crippen molar-refractivity contribution in [2.24, 2.45) is 0 Å². The van der Waals surface area contributed by atoms with Gasteiger partial charge in [0.2, 0.25) is 0 Å². The van der Waals surface area contributed by atoms with Crippen LogP contribution in [0.3, 0.4) is 0 Å². The number of nitrogens with one attached hydrogen (secondary N) is 1. The molecule has 122 valence electrons. The van der Waals surface area contributed by atoms with E-state index in [1.54, 1.807) is 0 Å². The van der Waals surface area contributed by atoms with E-state index in [0.717, 1.165) is 24.5 Å². The molecule has 0 aliphatic carbocycles. The molecule has 2 aromatic rings. The summed E-state index contributed by atoms with van der Waals surface area (Å²) < 4.78 is 0. The zero-order valence-electron chi connectivity index (χ0n) is 14.5. The second-order valence-electron chi connectivity index (χ2n) is 5.95. The van der Waals surface area contributed by atoms with E-state index in [2.05, 4.69) is 44.0 Å². The zero-order valence-corrected chi connectivity index (χ0v) is 14.5. The van der Waals surface area contributed by atoms with E-state index in [-0.39, 0.29) is 5.91 Å². The van der Waals surface area contributed by atoms with Crippen molar-refractivity contribution in [1.29, 1.82) is 0 Å². The second-order valence-corrected chi connectivity index (χ2v) is 5.95. The van der Waals surface area contributed by atoms with E-state index in [0.29, 0.717) is 11.5 Å². The molecule has 3 nitrogen and oxygen atoms in total. The number of anilines is 2. The van der Waals surface area contributed by atoms with Crippen LogP contribution < -0.4 is 10.2 Å². The third-order valence-electron chi connectivity index (χ3n) is 4.07. The van der Waals surface area contributed by atoms with Gasteiger partial charge in [-0.3, -0.25) is 4.79 Å². The van der Waals surface area contributed by atoms with Crippen molar-refractivity contribution in [3.8, 4) is 0 Å². The first-order chi connectivity index (χ1) is 11.0. The van der Waals surface area contributed by atoms with Gasteiger partial charge in [0, 0.05) is 30.0 Å². The van der Waals surface area contributed by atoms with Gasteiger partial charge < -0.3 is 10.2 Å². The molecule has 0 aliphatic rings. The minimum Gasteiger partial charge on any atom is -0.372 e. The fourth-order valence-electron chi connectivity index (χ4n) is 2.59. The smallest absolute Gasteiger partial charge is 0.255 e. The quantitative estimate of drug-likeness (QED) is 0.822. The Kier molecular flexibility index (Phi) is 5.80. The molecule has 0 radical (unpaired) electrons. The van der Waals surface area contributed by atoms with Crippen molar-refractivity contribution >= 4 is 17.3 Å². The molecule has 0 aromatic heterocycles. The van der Waals surface area contributed by atoms with Crippen molar-refractivity contribution in [2.75, 3.05) is 23.3 Å². The van der Waals surface area contributed by atoms with Gasteiger partial charge in [0.05, 0.1) is 0 Å². The lowest BCUT2D eigenvalue weighted by Crippen LogP contribution is -2.21. The molecule has 1 amide bonds. The molecule has 0 fully saturated rings. The highest BCUT2D eigenvalue weighted by molar-refractivity contribution is 6.04. The summed E-state index contributed by atoms with van der Waals surface area (Å²) in [7, 11) is 0. The van der Waals surface area contributed by atoms with E-state index >= 15 is 0 Å². The lowest BCUT2D eigenvalue weighted by atomic mass is 10.0. The molecule has 23 heavy (non-hydrogen) atoms. The normalized spacial score (nSPS) is 10.7. The minimum atomic E-state index is -0.0722. The molecule has 1 N–H and O–H groups in total. The molecular weight excluding hydrogens is 284 g/mol. The monoisotopic (exact) mass is 310 g/mol. The largest absolute Gasteiger partial charge is 0.372 e. The first kappa shape index (κ1) is 17.1. The Balaban J connectivity index is 2.10.